The highest BCUT2D eigenvalue weighted by Crippen LogP contribution is 2.37. The summed E-state index contributed by atoms with van der Waals surface area (Å²) in [5, 5.41) is 0. The van der Waals surface area contributed by atoms with Crippen molar-refractivity contribution in [3.8, 4) is 11.3 Å². The van der Waals surface area contributed by atoms with E-state index in [1.165, 1.54) is 25.4 Å². The Bertz CT molecular complexity index is 1160. The molecule has 0 N–H and O–H groups in total. The molecule has 1 aliphatic rings. The van der Waals surface area contributed by atoms with Gasteiger partial charge in [0.1, 0.15) is 5.82 Å². The number of hydrogen-bond acceptors (Lipinski definition) is 4. The number of carbonyl (C=O) groups excluding carboxylic acids is 1. The lowest BCUT2D eigenvalue weighted by atomic mass is 10.0. The van der Waals surface area contributed by atoms with Crippen LogP contribution in [0.2, 0.25) is 0 Å². The van der Waals surface area contributed by atoms with Crippen LogP contribution in [0, 0.1) is 5.82 Å². The van der Waals surface area contributed by atoms with Gasteiger partial charge in [0, 0.05) is 11.8 Å². The molecule has 1 heterocycles. The third-order valence-corrected chi connectivity index (χ3v) is 6.67. The molecule has 0 spiro atoms. The molecule has 144 valence electrons. The maximum absolute atomic E-state index is 13.4. The van der Waals surface area contributed by atoms with E-state index in [0.717, 1.165) is 40.1 Å². The van der Waals surface area contributed by atoms with Crippen molar-refractivity contribution in [1.29, 1.82) is 0 Å². The normalized spacial score (nSPS) is 13.4. The number of benzene rings is 2. The van der Waals surface area contributed by atoms with E-state index in [0.29, 0.717) is 17.7 Å². The predicted molar refractivity (Wildman–Crippen MR) is 102 cm³/mol. The molecule has 0 unspecified atom stereocenters. The monoisotopic (exact) mass is 399 g/mol. The third-order valence-electron chi connectivity index (χ3n) is 5.00. The van der Waals surface area contributed by atoms with Crippen molar-refractivity contribution >= 4 is 16.0 Å². The number of nitrogens with zero attached hydrogens (tertiary/aromatic N) is 1. The van der Waals surface area contributed by atoms with Crippen LogP contribution >= 0.6 is 0 Å². The van der Waals surface area contributed by atoms with E-state index in [2.05, 4.69) is 0 Å². The van der Waals surface area contributed by atoms with E-state index in [-0.39, 0.29) is 10.5 Å². The van der Waals surface area contributed by atoms with Gasteiger partial charge in [-0.05, 0) is 54.7 Å². The third kappa shape index (κ3) is 2.92. The van der Waals surface area contributed by atoms with E-state index in [4.69, 9.17) is 4.74 Å². The van der Waals surface area contributed by atoms with Gasteiger partial charge in [-0.25, -0.2) is 21.6 Å². The van der Waals surface area contributed by atoms with Crippen molar-refractivity contribution in [2.75, 3.05) is 7.11 Å². The Kier molecular flexibility index (Phi) is 4.55. The number of methoxy groups -OCH3 is 1. The van der Waals surface area contributed by atoms with E-state index in [1.54, 1.807) is 0 Å². The van der Waals surface area contributed by atoms with Gasteiger partial charge < -0.3 is 4.74 Å². The second kappa shape index (κ2) is 6.91. The Morgan fingerprint density at radius 3 is 2.50 bits per heavy atom. The minimum absolute atomic E-state index is 0.0511. The largest absolute Gasteiger partial charge is 0.465 e. The van der Waals surface area contributed by atoms with E-state index in [9.17, 15) is 17.6 Å². The smallest absolute Gasteiger partial charge is 0.339 e. The number of carbonyl (C=O) groups is 1. The summed E-state index contributed by atoms with van der Waals surface area (Å²) < 4.78 is 46.0. The number of halogens is 1. The molecule has 0 aliphatic heterocycles. The minimum atomic E-state index is -4.03. The zero-order valence-electron chi connectivity index (χ0n) is 15.2. The van der Waals surface area contributed by atoms with Gasteiger partial charge in [-0.1, -0.05) is 24.3 Å². The number of hydrogen-bond donors (Lipinski definition) is 0. The molecular weight excluding hydrogens is 381 g/mol. The molecule has 5 nitrogen and oxygen atoms in total. The molecule has 1 aromatic heterocycles. The van der Waals surface area contributed by atoms with Crippen LogP contribution in [0.5, 0.6) is 0 Å². The van der Waals surface area contributed by atoms with Crippen molar-refractivity contribution in [2.45, 2.75) is 24.2 Å². The summed E-state index contributed by atoms with van der Waals surface area (Å²) in [6.45, 7) is 0. The van der Waals surface area contributed by atoms with Crippen LogP contribution in [0.1, 0.15) is 27.9 Å². The molecule has 0 saturated carbocycles. The first-order valence-corrected chi connectivity index (χ1v) is 10.3. The minimum Gasteiger partial charge on any atom is -0.465 e. The molecule has 0 atom stereocenters. The maximum Gasteiger partial charge on any atom is 0.339 e. The van der Waals surface area contributed by atoms with Gasteiger partial charge in [0.2, 0.25) is 0 Å². The van der Waals surface area contributed by atoms with Crippen LogP contribution < -0.4 is 0 Å². The molecule has 0 saturated heterocycles. The number of fused-ring (bicyclic) bond motifs is 3. The van der Waals surface area contributed by atoms with Crippen molar-refractivity contribution in [3.05, 3.63) is 77.2 Å². The first kappa shape index (κ1) is 18.4. The Hall–Kier alpha value is -2.93. The summed E-state index contributed by atoms with van der Waals surface area (Å²) in [5.41, 5.74) is 3.15. The molecule has 4 rings (SSSR count). The van der Waals surface area contributed by atoms with Gasteiger partial charge in [-0.15, -0.1) is 0 Å². The molecule has 3 aromatic rings. The zero-order valence-corrected chi connectivity index (χ0v) is 16.0. The highest BCUT2D eigenvalue weighted by atomic mass is 32.2. The summed E-state index contributed by atoms with van der Waals surface area (Å²) in [4.78, 5) is 12.3. The summed E-state index contributed by atoms with van der Waals surface area (Å²) in [6, 6.07) is 12.2. The summed E-state index contributed by atoms with van der Waals surface area (Å²) in [6.07, 6.45) is 3.44. The van der Waals surface area contributed by atoms with Gasteiger partial charge in [0.15, 0.2) is 0 Å². The van der Waals surface area contributed by atoms with Gasteiger partial charge in [0.25, 0.3) is 10.0 Å². The Morgan fingerprint density at radius 1 is 1.07 bits per heavy atom. The number of esters is 1. The quantitative estimate of drug-likeness (QED) is 0.629. The molecule has 28 heavy (non-hydrogen) atoms. The highest BCUT2D eigenvalue weighted by molar-refractivity contribution is 7.90. The standard InChI is InChI=1S/C21H18FNO4S/c1-27-21(24)19-13-23(28(25,26)16-11-9-15(22)10-12-16)20-17-7-3-2-5-14(17)6-4-8-18(19)20/h2-3,5,7,9-13H,4,6,8H2,1H3. The molecule has 0 bridgehead atoms. The summed E-state index contributed by atoms with van der Waals surface area (Å²) in [7, 11) is -2.77. The number of ether oxygens (including phenoxy) is 1. The molecule has 0 amide bonds. The van der Waals surface area contributed by atoms with Crippen molar-refractivity contribution in [3.63, 3.8) is 0 Å². The van der Waals surface area contributed by atoms with E-state index in [1.807, 2.05) is 24.3 Å². The van der Waals surface area contributed by atoms with Gasteiger partial charge >= 0.3 is 5.97 Å². The lowest BCUT2D eigenvalue weighted by Crippen LogP contribution is -2.14. The Morgan fingerprint density at radius 2 is 1.79 bits per heavy atom. The van der Waals surface area contributed by atoms with Crippen LogP contribution in [-0.2, 0) is 27.6 Å². The fraction of sp³-hybridized carbons (Fsp3) is 0.190. The lowest BCUT2D eigenvalue weighted by Gasteiger charge is -2.13. The highest BCUT2D eigenvalue weighted by Gasteiger charge is 2.31. The van der Waals surface area contributed by atoms with Gasteiger partial charge in [-0.2, -0.15) is 0 Å². The lowest BCUT2D eigenvalue weighted by molar-refractivity contribution is 0.0599. The average Bonchev–Trinajstić information content (AvgIpc) is 2.98. The number of rotatable bonds is 3. The van der Waals surface area contributed by atoms with Crippen molar-refractivity contribution < 1.29 is 22.3 Å². The molecule has 7 heteroatoms. The van der Waals surface area contributed by atoms with E-state index >= 15 is 0 Å². The fourth-order valence-corrected chi connectivity index (χ4v) is 5.08. The zero-order chi connectivity index (χ0) is 19.9. The van der Waals surface area contributed by atoms with E-state index < -0.39 is 21.8 Å². The molecule has 0 fully saturated rings. The summed E-state index contributed by atoms with van der Waals surface area (Å²) >= 11 is 0. The first-order chi connectivity index (χ1) is 13.4. The topological polar surface area (TPSA) is 65.4 Å². The van der Waals surface area contributed by atoms with Crippen LogP contribution in [-0.4, -0.2) is 25.5 Å². The van der Waals surface area contributed by atoms with Gasteiger partial charge in [-0.3, -0.25) is 0 Å². The second-order valence-corrected chi connectivity index (χ2v) is 8.44. The Balaban J connectivity index is 2.03. The average molecular weight is 399 g/mol. The maximum atomic E-state index is 13.4. The van der Waals surface area contributed by atoms with Crippen LogP contribution in [0.3, 0.4) is 0 Å². The Labute approximate surface area is 162 Å². The molecule has 1 aliphatic carbocycles. The second-order valence-electron chi connectivity index (χ2n) is 6.63. The molecule has 0 radical (unpaired) electrons. The molecule has 2 aromatic carbocycles. The van der Waals surface area contributed by atoms with Crippen LogP contribution in [0.4, 0.5) is 4.39 Å². The van der Waals surface area contributed by atoms with Crippen LogP contribution in [0.25, 0.3) is 11.3 Å². The van der Waals surface area contributed by atoms with Crippen molar-refractivity contribution in [2.24, 2.45) is 0 Å². The van der Waals surface area contributed by atoms with Crippen LogP contribution in [0.15, 0.2) is 59.6 Å². The number of aryl methyl sites for hydroxylation is 1. The molecular formula is C21H18FNO4S. The number of aromatic nitrogens is 1. The van der Waals surface area contributed by atoms with Crippen molar-refractivity contribution in [1.82, 2.24) is 3.97 Å². The SMILES string of the molecule is COC(=O)c1cn(S(=O)(=O)c2ccc(F)cc2)c2c1CCCc1ccccc1-2. The first-order valence-electron chi connectivity index (χ1n) is 8.85. The summed E-state index contributed by atoms with van der Waals surface area (Å²) in [5.74, 6) is -1.10. The predicted octanol–water partition coefficient (Wildman–Crippen LogP) is 3.81. The fourth-order valence-electron chi connectivity index (χ4n) is 3.68. The van der Waals surface area contributed by atoms with Gasteiger partial charge in [0.05, 0.1) is 23.3 Å².